The molecule has 0 radical (unpaired) electrons. The number of rotatable bonds is 3. The fraction of sp³-hybridized carbons (Fsp3) is 0.550. The minimum Gasteiger partial charge on any atom is -0.335 e. The number of nitrogens with one attached hydrogen (secondary N) is 1. The third kappa shape index (κ3) is 4.47. The van der Waals surface area contributed by atoms with Crippen LogP contribution >= 0.6 is 11.6 Å². The maximum Gasteiger partial charge on any atom is 0.317 e. The Morgan fingerprint density at radius 1 is 1.14 bits per heavy atom. The molecule has 2 aliphatic rings. The molecule has 1 saturated carbocycles. The van der Waals surface area contributed by atoms with Crippen molar-refractivity contribution in [1.82, 2.24) is 24.5 Å². The first kappa shape index (κ1) is 19.2. The van der Waals surface area contributed by atoms with Gasteiger partial charge in [-0.05, 0) is 25.0 Å². The Bertz CT molecular complexity index is 901. The first-order valence-corrected chi connectivity index (χ1v) is 10.4. The summed E-state index contributed by atoms with van der Waals surface area (Å²) in [5.74, 6) is 0. The van der Waals surface area contributed by atoms with Crippen LogP contribution in [0.1, 0.15) is 37.8 Å². The first-order chi connectivity index (χ1) is 13.6. The summed E-state index contributed by atoms with van der Waals surface area (Å²) in [6, 6.07) is 5.44. The molecule has 28 heavy (non-hydrogen) atoms. The molecule has 4 rings (SSSR count). The van der Waals surface area contributed by atoms with Crippen molar-refractivity contribution in [1.29, 1.82) is 0 Å². The monoisotopic (exact) mass is 403 g/mol. The molecule has 1 saturated heterocycles. The molecule has 7 nitrogen and oxygen atoms in total. The van der Waals surface area contributed by atoms with E-state index >= 15 is 0 Å². The molecule has 2 aromatic heterocycles. The van der Waals surface area contributed by atoms with E-state index in [2.05, 4.69) is 15.2 Å². The summed E-state index contributed by atoms with van der Waals surface area (Å²) in [7, 11) is 0. The summed E-state index contributed by atoms with van der Waals surface area (Å²) in [6.07, 6.45) is 7.48. The Kier molecular flexibility index (Phi) is 5.82. The summed E-state index contributed by atoms with van der Waals surface area (Å²) in [5.41, 5.74) is 1.21. The fourth-order valence-electron chi connectivity index (χ4n) is 4.06. The van der Waals surface area contributed by atoms with Crippen molar-refractivity contribution in [2.24, 2.45) is 0 Å². The van der Waals surface area contributed by atoms with E-state index < -0.39 is 0 Å². The Hall–Kier alpha value is -2.12. The van der Waals surface area contributed by atoms with E-state index in [1.54, 1.807) is 24.4 Å². The van der Waals surface area contributed by atoms with Crippen LogP contribution in [0.15, 0.2) is 29.2 Å². The SMILES string of the molecule is O=C(NC1CCCCC1)N1CCN(Cc2cc(=O)n3cc(Cl)ccc3n2)CC1. The van der Waals surface area contributed by atoms with Gasteiger partial charge in [0.2, 0.25) is 0 Å². The van der Waals surface area contributed by atoms with Gasteiger partial charge in [0.25, 0.3) is 5.56 Å². The smallest absolute Gasteiger partial charge is 0.317 e. The minimum atomic E-state index is -0.131. The lowest BCUT2D eigenvalue weighted by molar-refractivity contribution is 0.131. The molecule has 2 fully saturated rings. The number of pyridine rings is 1. The average Bonchev–Trinajstić information content (AvgIpc) is 2.70. The number of piperazine rings is 1. The highest BCUT2D eigenvalue weighted by Crippen LogP contribution is 2.18. The number of amides is 2. The molecule has 8 heteroatoms. The predicted octanol–water partition coefficient (Wildman–Crippen LogP) is 2.51. The van der Waals surface area contributed by atoms with Gasteiger partial charge in [-0.25, -0.2) is 9.78 Å². The number of fused-ring (bicyclic) bond motifs is 1. The fourth-order valence-corrected chi connectivity index (χ4v) is 4.22. The summed E-state index contributed by atoms with van der Waals surface area (Å²) >= 11 is 5.95. The van der Waals surface area contributed by atoms with Crippen LogP contribution in [0.5, 0.6) is 0 Å². The second kappa shape index (κ2) is 8.49. The highest BCUT2D eigenvalue weighted by molar-refractivity contribution is 6.30. The lowest BCUT2D eigenvalue weighted by Crippen LogP contribution is -2.53. The van der Waals surface area contributed by atoms with Crippen molar-refractivity contribution in [3.05, 3.63) is 45.5 Å². The number of carbonyl (C=O) groups excluding carboxylic acids is 1. The van der Waals surface area contributed by atoms with E-state index in [1.165, 1.54) is 23.7 Å². The van der Waals surface area contributed by atoms with Crippen LogP contribution in [0.2, 0.25) is 5.02 Å². The van der Waals surface area contributed by atoms with Crippen molar-refractivity contribution in [2.75, 3.05) is 26.2 Å². The molecule has 0 bridgehead atoms. The van der Waals surface area contributed by atoms with Crippen LogP contribution in [-0.2, 0) is 6.54 Å². The van der Waals surface area contributed by atoms with E-state index in [-0.39, 0.29) is 11.6 Å². The third-order valence-corrected chi connectivity index (χ3v) is 5.88. The Morgan fingerprint density at radius 3 is 2.64 bits per heavy atom. The van der Waals surface area contributed by atoms with E-state index in [0.717, 1.165) is 31.6 Å². The molecule has 1 aliphatic carbocycles. The largest absolute Gasteiger partial charge is 0.335 e. The molecular weight excluding hydrogens is 378 g/mol. The van der Waals surface area contributed by atoms with Gasteiger partial charge in [0.05, 0.1) is 10.7 Å². The maximum atomic E-state index is 12.5. The van der Waals surface area contributed by atoms with Crippen molar-refractivity contribution in [3.8, 4) is 0 Å². The van der Waals surface area contributed by atoms with Crippen molar-refractivity contribution in [3.63, 3.8) is 0 Å². The highest BCUT2D eigenvalue weighted by atomic mass is 35.5. The molecule has 0 aromatic carbocycles. The minimum absolute atomic E-state index is 0.0607. The van der Waals surface area contributed by atoms with Gasteiger partial charge in [0, 0.05) is 51.0 Å². The lowest BCUT2D eigenvalue weighted by atomic mass is 9.96. The van der Waals surface area contributed by atoms with E-state index in [0.29, 0.717) is 36.3 Å². The zero-order valence-electron chi connectivity index (χ0n) is 15.9. The number of nitrogens with zero attached hydrogens (tertiary/aromatic N) is 4. The molecule has 0 unspecified atom stereocenters. The normalized spacial score (nSPS) is 19.1. The lowest BCUT2D eigenvalue weighted by Gasteiger charge is -2.35. The zero-order valence-corrected chi connectivity index (χ0v) is 16.7. The van der Waals surface area contributed by atoms with Gasteiger partial charge in [-0.15, -0.1) is 0 Å². The molecule has 0 atom stereocenters. The number of aromatic nitrogens is 2. The van der Waals surface area contributed by atoms with Gasteiger partial charge in [0.1, 0.15) is 5.65 Å². The van der Waals surface area contributed by atoms with Crippen LogP contribution in [0.4, 0.5) is 4.79 Å². The number of hydrogen-bond donors (Lipinski definition) is 1. The highest BCUT2D eigenvalue weighted by Gasteiger charge is 2.24. The molecule has 1 aliphatic heterocycles. The molecular formula is C20H26ClN5O2. The van der Waals surface area contributed by atoms with Gasteiger partial charge in [-0.1, -0.05) is 30.9 Å². The van der Waals surface area contributed by atoms with Gasteiger partial charge in [0.15, 0.2) is 0 Å². The quantitative estimate of drug-likeness (QED) is 0.854. The van der Waals surface area contributed by atoms with Crippen LogP contribution in [0, 0.1) is 0 Å². The molecule has 3 heterocycles. The molecule has 2 aromatic rings. The maximum absolute atomic E-state index is 12.5. The van der Waals surface area contributed by atoms with Gasteiger partial charge >= 0.3 is 6.03 Å². The summed E-state index contributed by atoms with van der Waals surface area (Å²) in [6.45, 7) is 3.55. The molecule has 0 spiro atoms. The first-order valence-electron chi connectivity index (χ1n) is 10.0. The summed E-state index contributed by atoms with van der Waals surface area (Å²) < 4.78 is 1.46. The van der Waals surface area contributed by atoms with Gasteiger partial charge in [-0.2, -0.15) is 0 Å². The van der Waals surface area contributed by atoms with Crippen LogP contribution < -0.4 is 10.9 Å². The number of hydrogen-bond acceptors (Lipinski definition) is 4. The Balaban J connectivity index is 1.33. The standard InChI is InChI=1S/C20H26ClN5O2/c21-15-6-7-18-22-17(12-19(27)26(18)13-15)14-24-8-10-25(11-9-24)20(28)23-16-4-2-1-3-5-16/h6-7,12-13,16H,1-5,8-11,14H2,(H,23,28). The van der Waals surface area contributed by atoms with Crippen LogP contribution in [-0.4, -0.2) is 57.4 Å². The average molecular weight is 404 g/mol. The van der Waals surface area contributed by atoms with E-state index in [1.807, 2.05) is 4.90 Å². The summed E-state index contributed by atoms with van der Waals surface area (Å²) in [5, 5.41) is 3.69. The second-order valence-electron chi connectivity index (χ2n) is 7.71. The van der Waals surface area contributed by atoms with Gasteiger partial charge < -0.3 is 10.2 Å². The molecule has 150 valence electrons. The predicted molar refractivity (Wildman–Crippen MR) is 109 cm³/mol. The summed E-state index contributed by atoms with van der Waals surface area (Å²) in [4.78, 5) is 33.5. The number of carbonyl (C=O) groups is 1. The van der Waals surface area contributed by atoms with E-state index in [9.17, 15) is 9.59 Å². The van der Waals surface area contributed by atoms with Crippen molar-refractivity contribution in [2.45, 2.75) is 44.7 Å². The van der Waals surface area contributed by atoms with Gasteiger partial charge in [-0.3, -0.25) is 14.1 Å². The second-order valence-corrected chi connectivity index (χ2v) is 8.15. The van der Waals surface area contributed by atoms with Crippen LogP contribution in [0.25, 0.3) is 5.65 Å². The Morgan fingerprint density at radius 2 is 1.89 bits per heavy atom. The zero-order chi connectivity index (χ0) is 19.5. The molecule has 1 N–H and O–H groups in total. The molecule has 2 amide bonds. The van der Waals surface area contributed by atoms with Crippen molar-refractivity contribution >= 4 is 23.3 Å². The topological polar surface area (TPSA) is 70.0 Å². The van der Waals surface area contributed by atoms with Crippen LogP contribution in [0.3, 0.4) is 0 Å². The Labute approximate surface area is 169 Å². The van der Waals surface area contributed by atoms with E-state index in [4.69, 9.17) is 11.6 Å². The number of halogens is 1. The van der Waals surface area contributed by atoms with Crippen molar-refractivity contribution < 1.29 is 4.79 Å². The third-order valence-electron chi connectivity index (χ3n) is 5.65. The number of urea groups is 1.